The lowest BCUT2D eigenvalue weighted by Crippen LogP contribution is -2.38. The molecule has 1 unspecified atom stereocenters. The van der Waals surface area contributed by atoms with Crippen LogP contribution in [0.25, 0.3) is 0 Å². The number of rotatable bonds is 6. The number of nitrogens with two attached hydrogens (primary N) is 1. The van der Waals surface area contributed by atoms with Crippen molar-refractivity contribution in [1.82, 2.24) is 0 Å². The maximum Gasteiger partial charge on any atom is 0.243 e. The third kappa shape index (κ3) is 5.40. The molecule has 1 fully saturated rings. The molecular weight excluding hydrogens is 435 g/mol. The molecule has 0 aromatic heterocycles. The largest absolute Gasteiger partial charge is 0.394 e. The number of amides is 1. The number of nitrogens with zero attached hydrogens (tertiary/aromatic N) is 1. The first-order valence-corrected chi connectivity index (χ1v) is 10.4. The van der Waals surface area contributed by atoms with Crippen molar-refractivity contribution in [3.63, 3.8) is 0 Å². The van der Waals surface area contributed by atoms with Gasteiger partial charge in [-0.2, -0.15) is 0 Å². The molecule has 0 bridgehead atoms. The van der Waals surface area contributed by atoms with Gasteiger partial charge in [-0.3, -0.25) is 4.79 Å². The molecule has 1 amide bonds. The van der Waals surface area contributed by atoms with Crippen LogP contribution in [0.4, 0.5) is 20.2 Å². The molecule has 162 valence electrons. The zero-order chi connectivity index (χ0) is 21.8. The van der Waals surface area contributed by atoms with Gasteiger partial charge in [-0.25, -0.2) is 8.78 Å². The van der Waals surface area contributed by atoms with E-state index in [4.69, 9.17) is 34.0 Å². The Hall–Kier alpha value is -1.93. The van der Waals surface area contributed by atoms with E-state index in [2.05, 4.69) is 5.32 Å². The number of halogens is 4. The first-order chi connectivity index (χ1) is 14.3. The summed E-state index contributed by atoms with van der Waals surface area (Å²) in [4.78, 5) is 13.9. The molecule has 1 aliphatic heterocycles. The van der Waals surface area contributed by atoms with Crippen LogP contribution in [0, 0.1) is 17.6 Å². The summed E-state index contributed by atoms with van der Waals surface area (Å²) in [5.41, 5.74) is 7.01. The van der Waals surface area contributed by atoms with Gasteiger partial charge in [0, 0.05) is 24.8 Å². The fourth-order valence-electron chi connectivity index (χ4n) is 3.69. The minimum Gasteiger partial charge on any atom is -0.394 e. The fourth-order valence-corrected chi connectivity index (χ4v) is 4.42. The van der Waals surface area contributed by atoms with E-state index in [1.807, 2.05) is 4.90 Å². The third-order valence-corrected chi connectivity index (χ3v) is 5.75. The third-order valence-electron chi connectivity index (χ3n) is 5.18. The van der Waals surface area contributed by atoms with Crippen molar-refractivity contribution in [2.75, 3.05) is 29.9 Å². The summed E-state index contributed by atoms with van der Waals surface area (Å²) in [5.74, 6) is -1.51. The normalized spacial score (nSPS) is 17.7. The quantitative estimate of drug-likeness (QED) is 0.612. The van der Waals surface area contributed by atoms with Crippen LogP contribution in [-0.4, -0.2) is 36.8 Å². The van der Waals surface area contributed by atoms with Crippen molar-refractivity contribution in [2.24, 2.45) is 11.7 Å². The molecule has 30 heavy (non-hydrogen) atoms. The Morgan fingerprint density at radius 2 is 1.97 bits per heavy atom. The summed E-state index contributed by atoms with van der Waals surface area (Å²) < 4.78 is 27.2. The fraction of sp³-hybridized carbons (Fsp3) is 0.381. The van der Waals surface area contributed by atoms with E-state index in [0.717, 1.165) is 25.5 Å². The molecule has 2 aromatic carbocycles. The van der Waals surface area contributed by atoms with E-state index >= 15 is 0 Å². The molecule has 1 aliphatic rings. The minimum absolute atomic E-state index is 0.160. The maximum absolute atomic E-state index is 14.0. The van der Waals surface area contributed by atoms with Crippen LogP contribution in [0.15, 0.2) is 30.3 Å². The van der Waals surface area contributed by atoms with Gasteiger partial charge in [0.05, 0.1) is 22.3 Å². The van der Waals surface area contributed by atoms with Gasteiger partial charge < -0.3 is 21.1 Å². The van der Waals surface area contributed by atoms with E-state index in [1.54, 1.807) is 12.1 Å². The number of aliphatic hydroxyl groups excluding tert-OH is 1. The zero-order valence-corrected chi connectivity index (χ0v) is 17.7. The molecule has 0 spiro atoms. The molecular formula is C21H23Cl2F2N3O2. The number of piperidine rings is 1. The molecule has 2 aromatic rings. The van der Waals surface area contributed by atoms with Crippen LogP contribution in [-0.2, 0) is 11.2 Å². The lowest BCUT2D eigenvalue weighted by Gasteiger charge is -2.35. The van der Waals surface area contributed by atoms with Crippen molar-refractivity contribution in [2.45, 2.75) is 25.3 Å². The minimum atomic E-state index is -1.04. The number of carbonyl (C=O) groups is 1. The standard InChI is InChI=1S/C21H23Cl2F2N3O2/c22-16-8-15(27-21(30)19(26)11-29)9-17(23)20(16)28-5-1-2-12(10-28)6-13-3-4-14(24)7-18(13)25/h3-4,7-9,12,19,29H,1-2,5-6,10-11,26H2,(H,27,30)/t12?,19-/m0/s1. The van der Waals surface area contributed by atoms with E-state index in [1.165, 1.54) is 12.1 Å². The van der Waals surface area contributed by atoms with Gasteiger partial charge in [0.1, 0.15) is 17.7 Å². The Kier molecular flexibility index (Phi) is 7.52. The van der Waals surface area contributed by atoms with Crippen molar-refractivity contribution in [3.05, 3.63) is 57.6 Å². The van der Waals surface area contributed by atoms with Gasteiger partial charge in [0.15, 0.2) is 0 Å². The highest BCUT2D eigenvalue weighted by Crippen LogP contribution is 2.39. The van der Waals surface area contributed by atoms with E-state index in [9.17, 15) is 13.6 Å². The molecule has 3 rings (SSSR count). The first kappa shape index (κ1) is 22.7. The van der Waals surface area contributed by atoms with Gasteiger partial charge in [-0.1, -0.05) is 29.3 Å². The molecule has 5 nitrogen and oxygen atoms in total. The number of aliphatic hydroxyl groups is 1. The van der Waals surface area contributed by atoms with Crippen LogP contribution >= 0.6 is 23.2 Å². The molecule has 0 aliphatic carbocycles. The highest BCUT2D eigenvalue weighted by atomic mass is 35.5. The molecule has 1 heterocycles. The van der Waals surface area contributed by atoms with E-state index < -0.39 is 30.2 Å². The average molecular weight is 458 g/mol. The van der Waals surface area contributed by atoms with E-state index in [-0.39, 0.29) is 5.92 Å². The predicted octanol–water partition coefficient (Wildman–Crippen LogP) is 3.99. The second-order valence-electron chi connectivity index (χ2n) is 7.46. The Morgan fingerprint density at radius 3 is 2.60 bits per heavy atom. The number of hydrogen-bond donors (Lipinski definition) is 3. The topological polar surface area (TPSA) is 78.6 Å². The van der Waals surface area contributed by atoms with Crippen molar-refractivity contribution in [3.8, 4) is 0 Å². The lowest BCUT2D eigenvalue weighted by molar-refractivity contribution is -0.118. The maximum atomic E-state index is 14.0. The number of hydrogen-bond acceptors (Lipinski definition) is 4. The highest BCUT2D eigenvalue weighted by Gasteiger charge is 2.25. The summed E-state index contributed by atoms with van der Waals surface area (Å²) in [6.07, 6.45) is 2.28. The Balaban J connectivity index is 1.74. The lowest BCUT2D eigenvalue weighted by atomic mass is 9.90. The summed E-state index contributed by atoms with van der Waals surface area (Å²) in [7, 11) is 0. The molecule has 2 atom stereocenters. The number of anilines is 2. The molecule has 1 saturated heterocycles. The van der Waals surface area contributed by atoms with Crippen molar-refractivity contribution < 1.29 is 18.7 Å². The van der Waals surface area contributed by atoms with Gasteiger partial charge in [-0.05, 0) is 48.9 Å². The van der Waals surface area contributed by atoms with Crippen LogP contribution < -0.4 is 16.0 Å². The van der Waals surface area contributed by atoms with Crippen LogP contribution in [0.1, 0.15) is 18.4 Å². The SMILES string of the molecule is N[C@@H](CO)C(=O)Nc1cc(Cl)c(N2CCCC(Cc3ccc(F)cc3F)C2)c(Cl)c1. The number of benzene rings is 2. The van der Waals surface area contributed by atoms with Crippen molar-refractivity contribution in [1.29, 1.82) is 0 Å². The monoisotopic (exact) mass is 457 g/mol. The van der Waals surface area contributed by atoms with Gasteiger partial charge in [0.25, 0.3) is 0 Å². The Morgan fingerprint density at radius 1 is 1.27 bits per heavy atom. The average Bonchev–Trinajstić information content (AvgIpc) is 2.69. The predicted molar refractivity (Wildman–Crippen MR) is 115 cm³/mol. The molecule has 0 saturated carbocycles. The highest BCUT2D eigenvalue weighted by molar-refractivity contribution is 6.39. The molecule has 9 heteroatoms. The second kappa shape index (κ2) is 9.92. The second-order valence-corrected chi connectivity index (χ2v) is 8.28. The first-order valence-electron chi connectivity index (χ1n) is 9.63. The Bertz CT molecular complexity index is 906. The number of carbonyl (C=O) groups excluding carboxylic acids is 1. The van der Waals surface area contributed by atoms with Crippen LogP contribution in [0.3, 0.4) is 0 Å². The van der Waals surface area contributed by atoms with E-state index in [0.29, 0.717) is 39.9 Å². The summed E-state index contributed by atoms with van der Waals surface area (Å²) >= 11 is 12.9. The number of nitrogens with one attached hydrogen (secondary N) is 1. The molecule has 4 N–H and O–H groups in total. The van der Waals surface area contributed by atoms with Gasteiger partial charge >= 0.3 is 0 Å². The Labute approximate surface area is 183 Å². The smallest absolute Gasteiger partial charge is 0.243 e. The van der Waals surface area contributed by atoms with Crippen LogP contribution in [0.5, 0.6) is 0 Å². The van der Waals surface area contributed by atoms with Gasteiger partial charge in [0.2, 0.25) is 5.91 Å². The van der Waals surface area contributed by atoms with Crippen LogP contribution in [0.2, 0.25) is 10.0 Å². The van der Waals surface area contributed by atoms with Gasteiger partial charge in [-0.15, -0.1) is 0 Å². The summed E-state index contributed by atoms with van der Waals surface area (Å²) in [6.45, 7) is 0.884. The molecule has 0 radical (unpaired) electrons. The summed E-state index contributed by atoms with van der Waals surface area (Å²) in [6, 6.07) is 5.76. The zero-order valence-electron chi connectivity index (χ0n) is 16.2. The van der Waals surface area contributed by atoms with Crippen molar-refractivity contribution >= 4 is 40.5 Å². The summed E-state index contributed by atoms with van der Waals surface area (Å²) in [5, 5.41) is 12.3.